The zero-order valence-electron chi connectivity index (χ0n) is 10.7. The standard InChI is InChI=1S/C11H11N3O4S2/c1-8-7-19-11(13(8)2)12-20(17,18)10-5-3-4-9(6-10)14(15)16/h3-7H,1-2H3/b12-11-. The van der Waals surface area contributed by atoms with Crippen LogP contribution >= 0.6 is 11.3 Å². The molecule has 7 nitrogen and oxygen atoms in total. The number of nitrogens with zero attached hydrogens (tertiary/aromatic N) is 3. The maximum Gasteiger partial charge on any atom is 0.285 e. The van der Waals surface area contributed by atoms with Crippen LogP contribution in [-0.4, -0.2) is 17.9 Å². The summed E-state index contributed by atoms with van der Waals surface area (Å²) in [5.74, 6) is 0. The maximum absolute atomic E-state index is 12.1. The first kappa shape index (κ1) is 14.4. The highest BCUT2D eigenvalue weighted by Crippen LogP contribution is 2.18. The Hall–Kier alpha value is -2.00. The van der Waals surface area contributed by atoms with E-state index in [1.807, 2.05) is 6.92 Å². The van der Waals surface area contributed by atoms with Crippen molar-refractivity contribution in [3.05, 3.63) is 50.3 Å². The van der Waals surface area contributed by atoms with Crippen molar-refractivity contribution in [2.75, 3.05) is 0 Å². The lowest BCUT2D eigenvalue weighted by Gasteiger charge is -1.99. The van der Waals surface area contributed by atoms with Gasteiger partial charge in [-0.15, -0.1) is 15.7 Å². The van der Waals surface area contributed by atoms with E-state index in [9.17, 15) is 18.5 Å². The molecular weight excluding hydrogens is 302 g/mol. The molecule has 0 saturated heterocycles. The normalized spacial score (nSPS) is 12.6. The van der Waals surface area contributed by atoms with Gasteiger partial charge < -0.3 is 4.57 Å². The molecule has 1 aromatic carbocycles. The molecule has 0 radical (unpaired) electrons. The van der Waals surface area contributed by atoms with Gasteiger partial charge in [-0.2, -0.15) is 8.42 Å². The van der Waals surface area contributed by atoms with Crippen LogP contribution in [0.3, 0.4) is 0 Å². The van der Waals surface area contributed by atoms with Crippen molar-refractivity contribution in [2.24, 2.45) is 11.4 Å². The molecule has 20 heavy (non-hydrogen) atoms. The lowest BCUT2D eigenvalue weighted by atomic mass is 10.3. The first-order valence-corrected chi connectivity index (χ1v) is 7.80. The summed E-state index contributed by atoms with van der Waals surface area (Å²) in [6, 6.07) is 4.83. The van der Waals surface area contributed by atoms with E-state index in [2.05, 4.69) is 4.40 Å². The third-order valence-electron chi connectivity index (χ3n) is 2.68. The molecule has 0 unspecified atom stereocenters. The summed E-state index contributed by atoms with van der Waals surface area (Å²) in [6.07, 6.45) is 0. The SMILES string of the molecule is Cc1cs/c(=N\S(=O)(=O)c2cccc([N+](=O)[O-])c2)n1C. The van der Waals surface area contributed by atoms with Crippen molar-refractivity contribution in [3.63, 3.8) is 0 Å². The minimum absolute atomic E-state index is 0.197. The van der Waals surface area contributed by atoms with Crippen molar-refractivity contribution >= 4 is 27.0 Å². The van der Waals surface area contributed by atoms with Crippen LogP contribution in [0.1, 0.15) is 5.69 Å². The molecule has 0 fully saturated rings. The van der Waals surface area contributed by atoms with E-state index >= 15 is 0 Å². The smallest absolute Gasteiger partial charge is 0.285 e. The Bertz CT molecular complexity index is 833. The Morgan fingerprint density at radius 1 is 1.40 bits per heavy atom. The Morgan fingerprint density at radius 2 is 2.10 bits per heavy atom. The summed E-state index contributed by atoms with van der Waals surface area (Å²) >= 11 is 1.19. The van der Waals surface area contributed by atoms with Gasteiger partial charge in [0.1, 0.15) is 0 Å². The Morgan fingerprint density at radius 3 is 2.65 bits per heavy atom. The van der Waals surface area contributed by atoms with Gasteiger partial charge in [-0.1, -0.05) is 6.07 Å². The number of benzene rings is 1. The minimum atomic E-state index is -3.97. The highest BCUT2D eigenvalue weighted by molar-refractivity contribution is 7.90. The summed E-state index contributed by atoms with van der Waals surface area (Å²) in [4.78, 5) is 10.1. The van der Waals surface area contributed by atoms with Gasteiger partial charge in [-0.3, -0.25) is 10.1 Å². The Kier molecular flexibility index (Phi) is 3.73. The molecule has 0 spiro atoms. The number of non-ortho nitro benzene ring substituents is 1. The number of sulfonamides is 1. The minimum Gasteiger partial charge on any atom is -0.324 e. The topological polar surface area (TPSA) is 94.6 Å². The Labute approximate surface area is 119 Å². The number of rotatable bonds is 3. The maximum atomic E-state index is 12.1. The monoisotopic (exact) mass is 313 g/mol. The van der Waals surface area contributed by atoms with Crippen molar-refractivity contribution in [3.8, 4) is 0 Å². The van der Waals surface area contributed by atoms with Crippen LogP contribution < -0.4 is 4.80 Å². The number of nitro groups is 1. The third-order valence-corrected chi connectivity index (χ3v) is 5.09. The zero-order valence-corrected chi connectivity index (χ0v) is 12.3. The van der Waals surface area contributed by atoms with E-state index in [-0.39, 0.29) is 10.6 Å². The van der Waals surface area contributed by atoms with E-state index < -0.39 is 14.9 Å². The molecule has 2 rings (SSSR count). The molecule has 0 atom stereocenters. The predicted octanol–water partition coefficient (Wildman–Crippen LogP) is 1.59. The van der Waals surface area contributed by atoms with Crippen molar-refractivity contribution < 1.29 is 13.3 Å². The molecule has 0 aliphatic heterocycles. The van der Waals surface area contributed by atoms with Crippen molar-refractivity contribution in [1.29, 1.82) is 0 Å². The highest BCUT2D eigenvalue weighted by Gasteiger charge is 2.17. The summed E-state index contributed by atoms with van der Waals surface area (Å²) in [6.45, 7) is 1.83. The molecule has 0 amide bonds. The van der Waals surface area contributed by atoms with Gasteiger partial charge in [0.15, 0.2) is 0 Å². The molecule has 1 aromatic heterocycles. The first-order valence-electron chi connectivity index (χ1n) is 5.48. The van der Waals surface area contributed by atoms with Gasteiger partial charge in [0.2, 0.25) is 4.80 Å². The average molecular weight is 313 g/mol. The van der Waals surface area contributed by atoms with Gasteiger partial charge in [-0.25, -0.2) is 0 Å². The number of aromatic nitrogens is 1. The van der Waals surface area contributed by atoms with Crippen molar-refractivity contribution in [2.45, 2.75) is 11.8 Å². The summed E-state index contributed by atoms with van der Waals surface area (Å²) in [7, 11) is -2.27. The molecule has 0 aliphatic rings. The van der Waals surface area contributed by atoms with Crippen LogP contribution in [0.4, 0.5) is 5.69 Å². The fourth-order valence-electron chi connectivity index (χ4n) is 1.44. The van der Waals surface area contributed by atoms with Gasteiger partial charge in [-0.05, 0) is 13.0 Å². The number of hydrogen-bond donors (Lipinski definition) is 0. The second kappa shape index (κ2) is 5.17. The predicted molar refractivity (Wildman–Crippen MR) is 73.9 cm³/mol. The molecule has 0 saturated carbocycles. The quantitative estimate of drug-likeness (QED) is 0.635. The van der Waals surface area contributed by atoms with Gasteiger partial charge in [0.25, 0.3) is 15.7 Å². The summed E-state index contributed by atoms with van der Waals surface area (Å²) in [5, 5.41) is 12.5. The fourth-order valence-corrected chi connectivity index (χ4v) is 3.60. The second-order valence-electron chi connectivity index (χ2n) is 4.04. The third kappa shape index (κ3) is 2.78. The fraction of sp³-hybridized carbons (Fsp3) is 0.182. The lowest BCUT2D eigenvalue weighted by Crippen LogP contribution is -2.14. The van der Waals surface area contributed by atoms with E-state index in [0.29, 0.717) is 4.80 Å². The van der Waals surface area contributed by atoms with Crippen LogP contribution in [0, 0.1) is 17.0 Å². The molecule has 2 aromatic rings. The van der Waals surface area contributed by atoms with Crippen LogP contribution in [0.5, 0.6) is 0 Å². The van der Waals surface area contributed by atoms with Gasteiger partial charge in [0.05, 0.1) is 9.82 Å². The van der Waals surface area contributed by atoms with Gasteiger partial charge in [0, 0.05) is 30.3 Å². The van der Waals surface area contributed by atoms with E-state index in [0.717, 1.165) is 11.8 Å². The molecule has 106 valence electrons. The lowest BCUT2D eigenvalue weighted by molar-refractivity contribution is -0.385. The van der Waals surface area contributed by atoms with Crippen LogP contribution in [0.15, 0.2) is 38.9 Å². The number of thiazole rings is 1. The van der Waals surface area contributed by atoms with Crippen LogP contribution in [0.25, 0.3) is 0 Å². The number of hydrogen-bond acceptors (Lipinski definition) is 5. The molecule has 0 aliphatic carbocycles. The molecule has 9 heteroatoms. The largest absolute Gasteiger partial charge is 0.324 e. The van der Waals surface area contributed by atoms with E-state index in [1.165, 1.54) is 29.5 Å². The first-order chi connectivity index (χ1) is 9.31. The average Bonchev–Trinajstić information content (AvgIpc) is 2.70. The highest BCUT2D eigenvalue weighted by atomic mass is 32.2. The van der Waals surface area contributed by atoms with Crippen LogP contribution in [0.2, 0.25) is 0 Å². The molecular formula is C11H11N3O4S2. The molecule has 0 bridgehead atoms. The van der Waals surface area contributed by atoms with E-state index in [4.69, 9.17) is 0 Å². The van der Waals surface area contributed by atoms with E-state index in [1.54, 1.807) is 17.0 Å². The summed E-state index contributed by atoms with van der Waals surface area (Å²) in [5.41, 5.74) is 0.594. The second-order valence-corrected chi connectivity index (χ2v) is 6.48. The molecule has 0 N–H and O–H groups in total. The number of aryl methyl sites for hydroxylation is 1. The zero-order chi connectivity index (χ0) is 14.9. The Balaban J connectivity index is 2.57. The van der Waals surface area contributed by atoms with Crippen molar-refractivity contribution in [1.82, 2.24) is 4.57 Å². The summed E-state index contributed by atoms with van der Waals surface area (Å²) < 4.78 is 29.6. The van der Waals surface area contributed by atoms with Crippen LogP contribution in [-0.2, 0) is 17.1 Å². The molecule has 1 heterocycles. The number of nitro benzene ring substituents is 1. The van der Waals surface area contributed by atoms with Gasteiger partial charge >= 0.3 is 0 Å².